The number of aromatic nitrogens is 3. The van der Waals surface area contributed by atoms with E-state index in [1.165, 1.54) is 0 Å². The molecule has 0 fully saturated rings. The van der Waals surface area contributed by atoms with Crippen LogP contribution in [0.15, 0.2) is 24.4 Å². The van der Waals surface area contributed by atoms with Gasteiger partial charge in [0.1, 0.15) is 0 Å². The molecule has 0 aromatic carbocycles. The van der Waals surface area contributed by atoms with Crippen LogP contribution >= 0.6 is 0 Å². The standard InChI is InChI=1S/C13H14N4O2/c1-9-10(4-2-5-14-9)15-13(18)11-8-12-17(16-11)6-3-7-19-12/h2,4-5,8H,3,6-7H2,1H3,(H,15,18). The minimum absolute atomic E-state index is 0.249. The molecule has 0 spiro atoms. The second-order valence-electron chi connectivity index (χ2n) is 4.38. The van der Waals surface area contributed by atoms with E-state index in [4.69, 9.17) is 4.74 Å². The maximum atomic E-state index is 12.1. The minimum atomic E-state index is -0.249. The zero-order valence-electron chi connectivity index (χ0n) is 10.6. The average Bonchev–Trinajstić information content (AvgIpc) is 2.85. The average molecular weight is 258 g/mol. The molecule has 3 rings (SSSR count). The van der Waals surface area contributed by atoms with Crippen molar-refractivity contribution in [2.75, 3.05) is 11.9 Å². The molecule has 0 unspecified atom stereocenters. The van der Waals surface area contributed by atoms with E-state index in [1.54, 1.807) is 23.0 Å². The summed E-state index contributed by atoms with van der Waals surface area (Å²) in [5.41, 5.74) is 1.83. The van der Waals surface area contributed by atoms with Crippen molar-refractivity contribution in [1.82, 2.24) is 14.8 Å². The van der Waals surface area contributed by atoms with Crippen molar-refractivity contribution in [2.45, 2.75) is 19.9 Å². The molecular formula is C13H14N4O2. The first-order chi connectivity index (χ1) is 9.24. The molecule has 19 heavy (non-hydrogen) atoms. The molecular weight excluding hydrogens is 244 g/mol. The SMILES string of the molecule is Cc1ncccc1NC(=O)c1cc2n(n1)CCCO2. The number of ether oxygens (including phenoxy) is 1. The molecule has 0 bridgehead atoms. The topological polar surface area (TPSA) is 69.0 Å². The third-order valence-electron chi connectivity index (χ3n) is 3.00. The van der Waals surface area contributed by atoms with E-state index in [0.29, 0.717) is 23.9 Å². The summed E-state index contributed by atoms with van der Waals surface area (Å²) in [7, 11) is 0. The molecule has 0 saturated heterocycles. The molecule has 0 saturated carbocycles. The second-order valence-corrected chi connectivity index (χ2v) is 4.38. The number of hydrogen-bond donors (Lipinski definition) is 1. The molecule has 6 heteroatoms. The molecule has 2 aromatic rings. The van der Waals surface area contributed by atoms with Gasteiger partial charge in [-0.05, 0) is 19.1 Å². The smallest absolute Gasteiger partial charge is 0.276 e. The summed E-state index contributed by atoms with van der Waals surface area (Å²) in [5.74, 6) is 0.404. The van der Waals surface area contributed by atoms with E-state index < -0.39 is 0 Å². The van der Waals surface area contributed by atoms with Crippen LogP contribution in [0.1, 0.15) is 22.6 Å². The normalized spacial score (nSPS) is 13.5. The van der Waals surface area contributed by atoms with Crippen LogP contribution in [0.25, 0.3) is 0 Å². The maximum absolute atomic E-state index is 12.1. The van der Waals surface area contributed by atoms with Gasteiger partial charge in [-0.25, -0.2) is 4.68 Å². The van der Waals surface area contributed by atoms with Crippen LogP contribution in [0.5, 0.6) is 5.88 Å². The molecule has 6 nitrogen and oxygen atoms in total. The molecule has 0 radical (unpaired) electrons. The van der Waals surface area contributed by atoms with Gasteiger partial charge in [0.2, 0.25) is 5.88 Å². The lowest BCUT2D eigenvalue weighted by Gasteiger charge is -2.13. The van der Waals surface area contributed by atoms with Gasteiger partial charge < -0.3 is 10.1 Å². The van der Waals surface area contributed by atoms with E-state index in [-0.39, 0.29) is 5.91 Å². The first kappa shape index (κ1) is 11.7. The lowest BCUT2D eigenvalue weighted by molar-refractivity contribution is 0.102. The Kier molecular flexibility index (Phi) is 2.91. The van der Waals surface area contributed by atoms with Gasteiger partial charge in [-0.1, -0.05) is 0 Å². The number of rotatable bonds is 2. The lowest BCUT2D eigenvalue weighted by Crippen LogP contribution is -2.16. The van der Waals surface area contributed by atoms with E-state index in [1.807, 2.05) is 13.0 Å². The maximum Gasteiger partial charge on any atom is 0.276 e. The van der Waals surface area contributed by atoms with Gasteiger partial charge in [-0.15, -0.1) is 0 Å². The van der Waals surface area contributed by atoms with Crippen molar-refractivity contribution < 1.29 is 9.53 Å². The highest BCUT2D eigenvalue weighted by Gasteiger charge is 2.18. The zero-order chi connectivity index (χ0) is 13.2. The Morgan fingerprint density at radius 3 is 3.21 bits per heavy atom. The number of anilines is 1. The van der Waals surface area contributed by atoms with Crippen LogP contribution in [0.4, 0.5) is 5.69 Å². The number of carbonyl (C=O) groups excluding carboxylic acids is 1. The number of carbonyl (C=O) groups is 1. The molecule has 2 aromatic heterocycles. The van der Waals surface area contributed by atoms with Crippen molar-refractivity contribution in [3.63, 3.8) is 0 Å². The summed E-state index contributed by atoms with van der Waals surface area (Å²) >= 11 is 0. The highest BCUT2D eigenvalue weighted by atomic mass is 16.5. The van der Waals surface area contributed by atoms with Gasteiger partial charge in [0.25, 0.3) is 5.91 Å². The van der Waals surface area contributed by atoms with Gasteiger partial charge >= 0.3 is 0 Å². The summed E-state index contributed by atoms with van der Waals surface area (Å²) < 4.78 is 7.15. The van der Waals surface area contributed by atoms with E-state index >= 15 is 0 Å². The van der Waals surface area contributed by atoms with Crippen molar-refractivity contribution in [3.05, 3.63) is 35.8 Å². The Morgan fingerprint density at radius 1 is 1.53 bits per heavy atom. The summed E-state index contributed by atoms with van der Waals surface area (Å²) in [6.07, 6.45) is 2.60. The fourth-order valence-electron chi connectivity index (χ4n) is 1.98. The van der Waals surface area contributed by atoms with Gasteiger partial charge in [0, 0.05) is 25.2 Å². The third kappa shape index (κ3) is 2.29. The van der Waals surface area contributed by atoms with Crippen LogP contribution in [0.3, 0.4) is 0 Å². The Morgan fingerprint density at radius 2 is 2.42 bits per heavy atom. The molecule has 0 atom stereocenters. The Labute approximate surface area is 110 Å². The number of pyridine rings is 1. The van der Waals surface area contributed by atoms with Crippen molar-refractivity contribution >= 4 is 11.6 Å². The molecule has 1 aliphatic rings. The highest BCUT2D eigenvalue weighted by molar-refractivity contribution is 6.03. The predicted molar refractivity (Wildman–Crippen MR) is 69.3 cm³/mol. The summed E-state index contributed by atoms with van der Waals surface area (Å²) in [5, 5.41) is 7.04. The number of amides is 1. The van der Waals surface area contributed by atoms with E-state index in [0.717, 1.165) is 18.7 Å². The first-order valence-corrected chi connectivity index (χ1v) is 6.17. The molecule has 1 amide bonds. The van der Waals surface area contributed by atoms with Crippen molar-refractivity contribution in [1.29, 1.82) is 0 Å². The largest absolute Gasteiger partial charge is 0.478 e. The van der Waals surface area contributed by atoms with Gasteiger partial charge in [-0.3, -0.25) is 9.78 Å². The molecule has 98 valence electrons. The summed E-state index contributed by atoms with van der Waals surface area (Å²) in [4.78, 5) is 16.2. The van der Waals surface area contributed by atoms with Crippen LogP contribution in [0.2, 0.25) is 0 Å². The fourth-order valence-corrected chi connectivity index (χ4v) is 1.98. The highest BCUT2D eigenvalue weighted by Crippen LogP contribution is 2.19. The van der Waals surface area contributed by atoms with E-state index in [9.17, 15) is 4.79 Å². The second kappa shape index (κ2) is 4.72. The van der Waals surface area contributed by atoms with Gasteiger partial charge in [0.15, 0.2) is 5.69 Å². The molecule has 0 aliphatic carbocycles. The van der Waals surface area contributed by atoms with Crippen LogP contribution in [-0.2, 0) is 6.54 Å². The van der Waals surface area contributed by atoms with Gasteiger partial charge in [-0.2, -0.15) is 5.10 Å². The van der Waals surface area contributed by atoms with E-state index in [2.05, 4.69) is 15.4 Å². The number of nitrogens with one attached hydrogen (secondary N) is 1. The van der Waals surface area contributed by atoms with Crippen LogP contribution < -0.4 is 10.1 Å². The Balaban J connectivity index is 1.81. The number of fused-ring (bicyclic) bond motifs is 1. The third-order valence-corrected chi connectivity index (χ3v) is 3.00. The Bertz CT molecular complexity index is 597. The first-order valence-electron chi connectivity index (χ1n) is 6.17. The quantitative estimate of drug-likeness (QED) is 0.888. The zero-order valence-corrected chi connectivity index (χ0v) is 10.6. The summed E-state index contributed by atoms with van der Waals surface area (Å²) in [6.45, 7) is 3.31. The minimum Gasteiger partial charge on any atom is -0.478 e. The van der Waals surface area contributed by atoms with Crippen molar-refractivity contribution in [2.24, 2.45) is 0 Å². The van der Waals surface area contributed by atoms with Gasteiger partial charge in [0.05, 0.1) is 18.0 Å². The molecule has 3 heterocycles. The number of hydrogen-bond acceptors (Lipinski definition) is 4. The fraction of sp³-hybridized carbons (Fsp3) is 0.308. The van der Waals surface area contributed by atoms with Crippen LogP contribution in [-0.4, -0.2) is 27.3 Å². The van der Waals surface area contributed by atoms with Crippen molar-refractivity contribution in [3.8, 4) is 5.88 Å². The predicted octanol–water partition coefficient (Wildman–Crippen LogP) is 1.62. The summed E-state index contributed by atoms with van der Waals surface area (Å²) in [6, 6.07) is 5.26. The number of nitrogens with zero attached hydrogens (tertiary/aromatic N) is 3. The Hall–Kier alpha value is -2.37. The lowest BCUT2D eigenvalue weighted by atomic mass is 10.3. The monoisotopic (exact) mass is 258 g/mol. The molecule has 1 N–H and O–H groups in total. The molecule has 1 aliphatic heterocycles. The number of aryl methyl sites for hydroxylation is 2. The van der Waals surface area contributed by atoms with Crippen LogP contribution in [0, 0.1) is 6.92 Å².